The van der Waals surface area contributed by atoms with Crippen LogP contribution in [0.5, 0.6) is 6.01 Å². The van der Waals surface area contributed by atoms with Gasteiger partial charge in [0.05, 0.1) is 35.8 Å². The highest BCUT2D eigenvalue weighted by Crippen LogP contribution is 2.37. The van der Waals surface area contributed by atoms with Crippen LogP contribution in [0.2, 0.25) is 5.02 Å². The molecule has 2 saturated heterocycles. The average molecular weight is 668 g/mol. The largest absolute Gasteiger partial charge is 0.462 e. The second-order valence-electron chi connectivity index (χ2n) is 12.4. The molecule has 6 rings (SSSR count). The zero-order valence-corrected chi connectivity index (χ0v) is 27.0. The van der Waals surface area contributed by atoms with Gasteiger partial charge in [-0.1, -0.05) is 42.4 Å². The fourth-order valence-electron chi connectivity index (χ4n) is 6.91. The zero-order valence-electron chi connectivity index (χ0n) is 26.3. The molecule has 0 unspecified atom stereocenters. The molecule has 47 heavy (non-hydrogen) atoms. The van der Waals surface area contributed by atoms with Crippen LogP contribution in [0.1, 0.15) is 36.9 Å². The molecule has 0 saturated carbocycles. The highest BCUT2D eigenvalue weighted by Gasteiger charge is 2.42. The lowest BCUT2D eigenvalue weighted by Crippen LogP contribution is -2.56. The Morgan fingerprint density at radius 2 is 1.87 bits per heavy atom. The molecular formula is C34H37ClF3N7O2. The van der Waals surface area contributed by atoms with Crippen LogP contribution >= 0.6 is 11.6 Å². The summed E-state index contributed by atoms with van der Waals surface area (Å²) in [4.78, 5) is 30.3. The van der Waals surface area contributed by atoms with Crippen molar-refractivity contribution in [1.29, 1.82) is 5.26 Å². The van der Waals surface area contributed by atoms with Crippen LogP contribution in [0.25, 0.3) is 10.8 Å². The third kappa shape index (κ3) is 6.83. The molecule has 0 N–H and O–H groups in total. The van der Waals surface area contributed by atoms with Gasteiger partial charge in [-0.15, -0.1) is 0 Å². The molecule has 2 fully saturated rings. The number of amides is 1. The standard InChI is InChI=1S/C34H37ClF3N7O2/c1-22(34(36,37)38)32(46)45-18-17-44(19-24(45)13-14-39)31-26-10-6-16-43(29-12-4-8-23-7-3-11-27(35)30(23)29)20-28(26)40-33(41-31)47-21-25-9-5-15-42(25)2/h3-4,7-8,11-12,24-25H,1,5-6,9-10,13,15-21H2,2H3/t24-,25+/m0/s1. The summed E-state index contributed by atoms with van der Waals surface area (Å²) in [5.74, 6) is -0.569. The highest BCUT2D eigenvalue weighted by molar-refractivity contribution is 6.36. The minimum absolute atomic E-state index is 0.0112. The van der Waals surface area contributed by atoms with Crippen LogP contribution in [0.4, 0.5) is 24.7 Å². The van der Waals surface area contributed by atoms with E-state index in [2.05, 4.69) is 29.5 Å². The van der Waals surface area contributed by atoms with Gasteiger partial charge in [0.25, 0.3) is 5.91 Å². The number of rotatable bonds is 7. The van der Waals surface area contributed by atoms with Gasteiger partial charge < -0.3 is 24.3 Å². The van der Waals surface area contributed by atoms with E-state index in [-0.39, 0.29) is 38.1 Å². The number of aromatic nitrogens is 2. The number of piperazine rings is 1. The van der Waals surface area contributed by atoms with Crippen molar-refractivity contribution in [1.82, 2.24) is 19.8 Å². The first-order valence-corrected chi connectivity index (χ1v) is 16.3. The number of nitriles is 1. The molecule has 4 heterocycles. The van der Waals surface area contributed by atoms with Crippen LogP contribution in [0.15, 0.2) is 48.6 Å². The molecule has 3 aliphatic heterocycles. The minimum Gasteiger partial charge on any atom is -0.462 e. The van der Waals surface area contributed by atoms with Gasteiger partial charge in [0.1, 0.15) is 18.0 Å². The summed E-state index contributed by atoms with van der Waals surface area (Å²) in [5.41, 5.74) is 1.29. The molecule has 2 atom stereocenters. The van der Waals surface area contributed by atoms with Gasteiger partial charge in [-0.2, -0.15) is 28.4 Å². The maximum atomic E-state index is 13.4. The molecule has 0 bridgehead atoms. The molecule has 2 aromatic carbocycles. The van der Waals surface area contributed by atoms with E-state index in [4.69, 9.17) is 26.3 Å². The maximum Gasteiger partial charge on any atom is 0.421 e. The normalized spacial score (nSPS) is 20.6. The number of likely N-dealkylation sites (N-methyl/N-ethyl adjacent to an activating group) is 1. The van der Waals surface area contributed by atoms with Gasteiger partial charge in [-0.3, -0.25) is 4.79 Å². The first kappa shape index (κ1) is 32.8. The zero-order chi connectivity index (χ0) is 33.3. The number of fused-ring (bicyclic) bond motifs is 2. The Labute approximate surface area is 277 Å². The van der Waals surface area contributed by atoms with Crippen molar-refractivity contribution < 1.29 is 22.7 Å². The Balaban J connectivity index is 1.35. The smallest absolute Gasteiger partial charge is 0.421 e. The van der Waals surface area contributed by atoms with E-state index in [0.29, 0.717) is 30.4 Å². The summed E-state index contributed by atoms with van der Waals surface area (Å²) in [5, 5.41) is 12.2. The second kappa shape index (κ2) is 13.6. The summed E-state index contributed by atoms with van der Waals surface area (Å²) in [6.07, 6.45) is -1.42. The number of nitrogens with zero attached hydrogens (tertiary/aromatic N) is 7. The summed E-state index contributed by atoms with van der Waals surface area (Å²) in [6.45, 7) is 6.00. The van der Waals surface area contributed by atoms with E-state index in [9.17, 15) is 23.2 Å². The fraction of sp³-hybridized carbons (Fsp3) is 0.471. The number of hydrogen-bond donors (Lipinski definition) is 0. The number of anilines is 2. The number of hydrogen-bond acceptors (Lipinski definition) is 8. The van der Waals surface area contributed by atoms with Gasteiger partial charge >= 0.3 is 12.2 Å². The molecule has 1 aromatic heterocycles. The SMILES string of the molecule is C=C(C(=O)N1CCN(c2nc(OC[C@H]3CCCN3C)nc3c2CCCN(c2cccc4cccc(Cl)c24)C3)C[C@@H]1CC#N)C(F)(F)F. The van der Waals surface area contributed by atoms with Crippen LogP contribution in [-0.4, -0.2) is 90.3 Å². The predicted molar refractivity (Wildman–Crippen MR) is 175 cm³/mol. The van der Waals surface area contributed by atoms with Crippen molar-refractivity contribution in [2.24, 2.45) is 0 Å². The summed E-state index contributed by atoms with van der Waals surface area (Å²) < 4.78 is 46.4. The molecule has 3 aromatic rings. The number of likely N-dealkylation sites (tertiary alicyclic amines) is 1. The molecule has 13 heteroatoms. The summed E-state index contributed by atoms with van der Waals surface area (Å²) in [7, 11) is 2.07. The topological polar surface area (TPSA) is 88.8 Å². The lowest BCUT2D eigenvalue weighted by atomic mass is 10.0. The molecule has 248 valence electrons. The molecule has 9 nitrogen and oxygen atoms in total. The van der Waals surface area contributed by atoms with Crippen molar-refractivity contribution in [2.45, 2.75) is 56.9 Å². The maximum absolute atomic E-state index is 13.4. The fourth-order valence-corrected chi connectivity index (χ4v) is 7.19. The monoisotopic (exact) mass is 667 g/mol. The van der Waals surface area contributed by atoms with Crippen LogP contribution < -0.4 is 14.5 Å². The van der Waals surface area contributed by atoms with Gasteiger partial charge in [0, 0.05) is 48.9 Å². The number of halogens is 4. The highest BCUT2D eigenvalue weighted by atomic mass is 35.5. The molecule has 0 radical (unpaired) electrons. The first-order chi connectivity index (χ1) is 22.5. The third-order valence-electron chi connectivity index (χ3n) is 9.47. The predicted octanol–water partition coefficient (Wildman–Crippen LogP) is 5.76. The minimum atomic E-state index is -4.85. The summed E-state index contributed by atoms with van der Waals surface area (Å²) >= 11 is 6.71. The first-order valence-electron chi connectivity index (χ1n) is 15.9. The van der Waals surface area contributed by atoms with Gasteiger partial charge in [-0.05, 0) is 56.8 Å². The van der Waals surface area contributed by atoms with Crippen molar-refractivity contribution >= 4 is 39.8 Å². The quantitative estimate of drug-likeness (QED) is 0.294. The molecular weight excluding hydrogens is 631 g/mol. The van der Waals surface area contributed by atoms with Crippen LogP contribution in [-0.2, 0) is 17.8 Å². The average Bonchev–Trinajstić information content (AvgIpc) is 3.34. The van der Waals surface area contributed by atoms with Crippen molar-refractivity contribution in [3.8, 4) is 12.1 Å². The molecule has 0 aliphatic carbocycles. The molecule has 1 amide bonds. The number of ether oxygens (including phenoxy) is 1. The number of carbonyl (C=O) groups is 1. The number of alkyl halides is 3. The van der Waals surface area contributed by atoms with E-state index >= 15 is 0 Å². The summed E-state index contributed by atoms with van der Waals surface area (Å²) in [6, 6.07) is 13.7. The number of carbonyl (C=O) groups excluding carboxylic acids is 1. The molecule has 0 spiro atoms. The van der Waals surface area contributed by atoms with E-state index in [1.165, 1.54) is 0 Å². The Hall–Kier alpha value is -4.08. The van der Waals surface area contributed by atoms with Crippen LogP contribution in [0, 0.1) is 11.3 Å². The Morgan fingerprint density at radius 1 is 1.09 bits per heavy atom. The van der Waals surface area contributed by atoms with Gasteiger partial charge in [-0.25, -0.2) is 0 Å². The Bertz CT molecular complexity index is 1710. The third-order valence-corrected chi connectivity index (χ3v) is 9.78. The van der Waals surface area contributed by atoms with Crippen LogP contribution in [0.3, 0.4) is 0 Å². The van der Waals surface area contributed by atoms with E-state index in [1.807, 2.05) is 41.3 Å². The van der Waals surface area contributed by atoms with E-state index in [1.54, 1.807) is 0 Å². The van der Waals surface area contributed by atoms with E-state index < -0.39 is 23.7 Å². The van der Waals surface area contributed by atoms with Crippen molar-refractivity contribution in [3.05, 3.63) is 64.8 Å². The second-order valence-corrected chi connectivity index (χ2v) is 12.8. The van der Waals surface area contributed by atoms with Crippen molar-refractivity contribution in [3.63, 3.8) is 0 Å². The van der Waals surface area contributed by atoms with Crippen molar-refractivity contribution in [2.75, 3.05) is 56.2 Å². The Morgan fingerprint density at radius 3 is 2.60 bits per heavy atom. The number of benzene rings is 2. The lowest BCUT2D eigenvalue weighted by molar-refractivity contribution is -0.141. The molecule has 3 aliphatic rings. The van der Waals surface area contributed by atoms with E-state index in [0.717, 1.165) is 65.0 Å². The van der Waals surface area contributed by atoms with Gasteiger partial charge in [0.15, 0.2) is 0 Å². The lowest BCUT2D eigenvalue weighted by Gasteiger charge is -2.42. The van der Waals surface area contributed by atoms with Gasteiger partial charge in [0.2, 0.25) is 0 Å². The Kier molecular flexibility index (Phi) is 9.48.